The molecule has 1 aromatic carbocycles. The van der Waals surface area contributed by atoms with Gasteiger partial charge in [0.05, 0.1) is 6.61 Å². The van der Waals surface area contributed by atoms with Gasteiger partial charge in [-0.3, -0.25) is 4.79 Å². The number of benzene rings is 1. The van der Waals surface area contributed by atoms with Crippen LogP contribution < -0.4 is 5.32 Å². The number of unbranched alkanes of at least 4 members (excludes halogenated alkanes) is 1. The number of carbonyl (C=O) groups is 1. The van der Waals surface area contributed by atoms with Crippen LogP contribution in [-0.2, 0) is 9.53 Å². The molecule has 0 amide bonds. The molecule has 1 N–H and O–H groups in total. The van der Waals surface area contributed by atoms with E-state index in [0.717, 1.165) is 18.5 Å². The molecule has 0 saturated heterocycles. The van der Waals surface area contributed by atoms with Crippen LogP contribution in [0.3, 0.4) is 0 Å². The smallest absolute Gasteiger partial charge is 0.325 e. The maximum atomic E-state index is 11.4. The molecule has 4 heteroatoms. The fraction of sp³-hybridized carbons (Fsp3) is 0.462. The van der Waals surface area contributed by atoms with Crippen molar-refractivity contribution in [1.82, 2.24) is 0 Å². The van der Waals surface area contributed by atoms with Gasteiger partial charge < -0.3 is 10.1 Å². The first-order valence-electron chi connectivity index (χ1n) is 5.79. The minimum Gasteiger partial charge on any atom is -0.464 e. The van der Waals surface area contributed by atoms with Gasteiger partial charge in [0, 0.05) is 10.6 Å². The maximum Gasteiger partial charge on any atom is 0.325 e. The number of carbonyl (C=O) groups excluding carboxylic acids is 1. The Hall–Kier alpha value is -1.16. The summed E-state index contributed by atoms with van der Waals surface area (Å²) >= 11 is 1.68. The Morgan fingerprint density at radius 3 is 3.00 bits per heavy atom. The summed E-state index contributed by atoms with van der Waals surface area (Å²) in [6, 6.07) is 7.97. The molecule has 17 heavy (non-hydrogen) atoms. The topological polar surface area (TPSA) is 38.3 Å². The Morgan fingerprint density at radius 1 is 1.47 bits per heavy atom. The summed E-state index contributed by atoms with van der Waals surface area (Å²) in [5.41, 5.74) is 0.948. The highest BCUT2D eigenvalue weighted by atomic mass is 32.2. The molecule has 1 aromatic rings. The number of ether oxygens (including phenoxy) is 1. The van der Waals surface area contributed by atoms with E-state index in [9.17, 15) is 4.79 Å². The highest BCUT2D eigenvalue weighted by Crippen LogP contribution is 2.18. The standard InChI is InChI=1S/C13H19NO2S/c1-3-4-8-16-13(15)10-14-11-6-5-7-12(9-11)17-2/h5-7,9,14H,3-4,8,10H2,1-2H3. The Balaban J connectivity index is 2.31. The summed E-state index contributed by atoms with van der Waals surface area (Å²) < 4.78 is 5.05. The van der Waals surface area contributed by atoms with Gasteiger partial charge in [0.1, 0.15) is 6.54 Å². The second-order valence-electron chi connectivity index (χ2n) is 3.66. The van der Waals surface area contributed by atoms with Crippen molar-refractivity contribution in [2.24, 2.45) is 0 Å². The van der Waals surface area contributed by atoms with Gasteiger partial charge in [-0.15, -0.1) is 11.8 Å². The van der Waals surface area contributed by atoms with Crippen LogP contribution in [0.5, 0.6) is 0 Å². The number of thioether (sulfide) groups is 1. The minimum atomic E-state index is -0.201. The average molecular weight is 253 g/mol. The van der Waals surface area contributed by atoms with Crippen molar-refractivity contribution in [2.75, 3.05) is 24.7 Å². The van der Waals surface area contributed by atoms with Crippen molar-refractivity contribution < 1.29 is 9.53 Å². The molecule has 0 spiro atoms. The molecule has 0 bridgehead atoms. The quantitative estimate of drug-likeness (QED) is 0.460. The summed E-state index contributed by atoms with van der Waals surface area (Å²) in [7, 11) is 0. The van der Waals surface area contributed by atoms with Crippen LogP contribution in [0, 0.1) is 0 Å². The van der Waals surface area contributed by atoms with E-state index in [-0.39, 0.29) is 12.5 Å². The summed E-state index contributed by atoms with van der Waals surface area (Å²) in [5.74, 6) is -0.201. The van der Waals surface area contributed by atoms with Crippen LogP contribution >= 0.6 is 11.8 Å². The molecule has 3 nitrogen and oxygen atoms in total. The molecule has 0 aliphatic heterocycles. The van der Waals surface area contributed by atoms with Gasteiger partial charge >= 0.3 is 5.97 Å². The molecule has 94 valence electrons. The zero-order chi connectivity index (χ0) is 12.5. The lowest BCUT2D eigenvalue weighted by Crippen LogP contribution is -2.17. The van der Waals surface area contributed by atoms with Crippen molar-refractivity contribution in [3.05, 3.63) is 24.3 Å². The zero-order valence-corrected chi connectivity index (χ0v) is 11.2. The monoisotopic (exact) mass is 253 g/mol. The largest absolute Gasteiger partial charge is 0.464 e. The number of anilines is 1. The van der Waals surface area contributed by atoms with Gasteiger partial charge in [-0.25, -0.2) is 0 Å². The number of rotatable bonds is 7. The Labute approximate surface area is 107 Å². The molecule has 0 radical (unpaired) electrons. The highest BCUT2D eigenvalue weighted by Gasteiger charge is 2.02. The lowest BCUT2D eigenvalue weighted by Gasteiger charge is -2.07. The average Bonchev–Trinajstić information content (AvgIpc) is 2.37. The van der Waals surface area contributed by atoms with Gasteiger partial charge in [-0.05, 0) is 30.9 Å². The first kappa shape index (κ1) is 13.9. The molecule has 0 saturated carbocycles. The van der Waals surface area contributed by atoms with Crippen LogP contribution in [0.4, 0.5) is 5.69 Å². The van der Waals surface area contributed by atoms with Crippen LogP contribution in [0.2, 0.25) is 0 Å². The van der Waals surface area contributed by atoms with Gasteiger partial charge in [-0.1, -0.05) is 19.4 Å². The van der Waals surface area contributed by atoms with E-state index in [1.807, 2.05) is 30.5 Å². The van der Waals surface area contributed by atoms with Crippen LogP contribution in [0.15, 0.2) is 29.2 Å². The fourth-order valence-electron chi connectivity index (χ4n) is 1.29. The molecule has 0 aromatic heterocycles. The Bertz CT molecular complexity index is 355. The van der Waals surface area contributed by atoms with E-state index in [4.69, 9.17) is 4.74 Å². The highest BCUT2D eigenvalue weighted by molar-refractivity contribution is 7.98. The lowest BCUT2D eigenvalue weighted by atomic mass is 10.3. The third-order valence-electron chi connectivity index (χ3n) is 2.27. The summed E-state index contributed by atoms with van der Waals surface area (Å²) in [5, 5.41) is 3.06. The number of esters is 1. The SMILES string of the molecule is CCCCOC(=O)CNc1cccc(SC)c1. The van der Waals surface area contributed by atoms with Gasteiger partial charge in [0.25, 0.3) is 0 Å². The normalized spacial score (nSPS) is 10.0. The van der Waals surface area contributed by atoms with Crippen LogP contribution in [0.1, 0.15) is 19.8 Å². The first-order valence-corrected chi connectivity index (χ1v) is 7.02. The predicted octanol–water partition coefficient (Wildman–Crippen LogP) is 3.16. The molecular formula is C13H19NO2S. The van der Waals surface area contributed by atoms with E-state index in [2.05, 4.69) is 12.2 Å². The van der Waals surface area contributed by atoms with Crippen LogP contribution in [0.25, 0.3) is 0 Å². The Morgan fingerprint density at radius 2 is 2.29 bits per heavy atom. The third-order valence-corrected chi connectivity index (χ3v) is 2.99. The third kappa shape index (κ3) is 5.63. The van der Waals surface area contributed by atoms with E-state index in [0.29, 0.717) is 6.61 Å². The van der Waals surface area contributed by atoms with Crippen molar-refractivity contribution in [2.45, 2.75) is 24.7 Å². The molecule has 0 atom stereocenters. The lowest BCUT2D eigenvalue weighted by molar-refractivity contribution is -0.141. The summed E-state index contributed by atoms with van der Waals surface area (Å²) in [6.07, 6.45) is 3.99. The van der Waals surface area contributed by atoms with Crippen molar-refractivity contribution in [3.63, 3.8) is 0 Å². The van der Waals surface area contributed by atoms with E-state index in [1.165, 1.54) is 4.90 Å². The van der Waals surface area contributed by atoms with Gasteiger partial charge in [-0.2, -0.15) is 0 Å². The fourth-order valence-corrected chi connectivity index (χ4v) is 1.75. The molecule has 0 aliphatic rings. The number of hydrogen-bond acceptors (Lipinski definition) is 4. The molecule has 1 rings (SSSR count). The molecular weight excluding hydrogens is 234 g/mol. The predicted molar refractivity (Wildman–Crippen MR) is 72.6 cm³/mol. The number of hydrogen-bond donors (Lipinski definition) is 1. The van der Waals surface area contributed by atoms with Gasteiger partial charge in [0.2, 0.25) is 0 Å². The molecule has 0 aliphatic carbocycles. The van der Waals surface area contributed by atoms with E-state index in [1.54, 1.807) is 11.8 Å². The van der Waals surface area contributed by atoms with E-state index >= 15 is 0 Å². The van der Waals surface area contributed by atoms with Gasteiger partial charge in [0.15, 0.2) is 0 Å². The van der Waals surface area contributed by atoms with Crippen molar-refractivity contribution in [1.29, 1.82) is 0 Å². The number of nitrogens with one attached hydrogen (secondary N) is 1. The maximum absolute atomic E-state index is 11.4. The first-order chi connectivity index (χ1) is 8.26. The second-order valence-corrected chi connectivity index (χ2v) is 4.54. The van der Waals surface area contributed by atoms with Crippen molar-refractivity contribution in [3.8, 4) is 0 Å². The summed E-state index contributed by atoms with van der Waals surface area (Å²) in [6.45, 7) is 2.81. The Kier molecular flexibility index (Phi) is 6.55. The second kappa shape index (κ2) is 8.01. The minimum absolute atomic E-state index is 0.201. The van der Waals surface area contributed by atoms with Crippen LogP contribution in [-0.4, -0.2) is 25.4 Å². The summed E-state index contributed by atoms with van der Waals surface area (Å²) in [4.78, 5) is 12.5. The zero-order valence-electron chi connectivity index (χ0n) is 10.4. The molecule has 0 heterocycles. The van der Waals surface area contributed by atoms with E-state index < -0.39 is 0 Å². The van der Waals surface area contributed by atoms with Crippen molar-refractivity contribution >= 4 is 23.4 Å². The molecule has 0 unspecified atom stereocenters. The molecule has 0 fully saturated rings.